The van der Waals surface area contributed by atoms with Gasteiger partial charge in [-0.15, -0.1) is 0 Å². The smallest absolute Gasteiger partial charge is 0.109 e. The van der Waals surface area contributed by atoms with E-state index in [1.54, 1.807) is 0 Å². The van der Waals surface area contributed by atoms with Crippen LogP contribution in [0.4, 0.5) is 0 Å². The monoisotopic (exact) mass is 440 g/mol. The second-order valence-electron chi connectivity index (χ2n) is 9.93. The van der Waals surface area contributed by atoms with Crippen LogP contribution in [0.1, 0.15) is 142 Å². The molecule has 2 aromatic rings. The van der Waals surface area contributed by atoms with Crippen molar-refractivity contribution < 1.29 is 0 Å². The van der Waals surface area contributed by atoms with Crippen LogP contribution in [0.25, 0.3) is 11.0 Å². The predicted molar refractivity (Wildman–Crippen MR) is 143 cm³/mol. The molecule has 0 aliphatic carbocycles. The lowest BCUT2D eigenvalue weighted by molar-refractivity contribution is 0.528. The Kier molecular flexibility index (Phi) is 15.3. The zero-order chi connectivity index (χ0) is 22.7. The van der Waals surface area contributed by atoms with Gasteiger partial charge in [0.05, 0.1) is 11.0 Å². The van der Waals surface area contributed by atoms with Gasteiger partial charge >= 0.3 is 0 Å². The number of fused-ring (bicyclic) bond motifs is 1. The number of hydrogen-bond acceptors (Lipinski definition) is 1. The molecule has 1 aromatic carbocycles. The van der Waals surface area contributed by atoms with E-state index in [1.165, 1.54) is 139 Å². The minimum absolute atomic E-state index is 1.13. The second-order valence-corrected chi connectivity index (χ2v) is 9.93. The van der Waals surface area contributed by atoms with Gasteiger partial charge in [0.15, 0.2) is 0 Å². The maximum absolute atomic E-state index is 4.98. The Labute approximate surface area is 199 Å². The van der Waals surface area contributed by atoms with Gasteiger partial charge in [-0.1, -0.05) is 135 Å². The summed E-state index contributed by atoms with van der Waals surface area (Å²) in [6, 6.07) is 8.70. The van der Waals surface area contributed by atoms with Crippen molar-refractivity contribution in [3.63, 3.8) is 0 Å². The molecule has 0 saturated carbocycles. The number of hydrogen-bond donors (Lipinski definition) is 0. The van der Waals surface area contributed by atoms with Crippen molar-refractivity contribution in [1.29, 1.82) is 0 Å². The quantitative estimate of drug-likeness (QED) is 0.176. The largest absolute Gasteiger partial charge is 0.328 e. The molecule has 1 aromatic heterocycles. The highest BCUT2D eigenvalue weighted by atomic mass is 15.1. The first kappa shape index (κ1) is 26.9. The van der Waals surface area contributed by atoms with Crippen molar-refractivity contribution >= 4 is 11.0 Å². The van der Waals surface area contributed by atoms with Crippen LogP contribution in [-0.4, -0.2) is 9.55 Å². The molecule has 0 spiro atoms. The van der Waals surface area contributed by atoms with Gasteiger partial charge in [-0.3, -0.25) is 0 Å². The Hall–Kier alpha value is -1.31. The van der Waals surface area contributed by atoms with Gasteiger partial charge in [-0.05, 0) is 25.0 Å². The van der Waals surface area contributed by atoms with Gasteiger partial charge < -0.3 is 4.57 Å². The minimum atomic E-state index is 1.13. The van der Waals surface area contributed by atoms with E-state index in [-0.39, 0.29) is 0 Å². The standard InChI is InChI=1S/C30H52N2/c1-3-5-7-9-10-11-12-13-14-15-16-17-18-19-20-26-30-31-28-24-21-22-25-29(28)32(30)27-23-8-6-4-2/h21-22,24-25H,3-20,23,26-27H2,1-2H3. The van der Waals surface area contributed by atoms with E-state index in [0.29, 0.717) is 0 Å². The van der Waals surface area contributed by atoms with E-state index >= 15 is 0 Å². The molecule has 0 N–H and O–H groups in total. The lowest BCUT2D eigenvalue weighted by atomic mass is 10.0. The molecule has 0 fully saturated rings. The van der Waals surface area contributed by atoms with Crippen molar-refractivity contribution in [2.75, 3.05) is 0 Å². The average molecular weight is 441 g/mol. The minimum Gasteiger partial charge on any atom is -0.328 e. The number of aryl methyl sites for hydroxylation is 2. The molecule has 0 amide bonds. The Morgan fingerprint density at radius 3 is 1.59 bits per heavy atom. The number of rotatable bonds is 21. The molecule has 182 valence electrons. The molecule has 0 radical (unpaired) electrons. The number of aromatic nitrogens is 2. The number of benzene rings is 1. The van der Waals surface area contributed by atoms with Crippen LogP contribution in [0, 0.1) is 0 Å². The Balaban J connectivity index is 1.52. The van der Waals surface area contributed by atoms with E-state index in [9.17, 15) is 0 Å². The van der Waals surface area contributed by atoms with E-state index in [2.05, 4.69) is 42.7 Å². The summed E-state index contributed by atoms with van der Waals surface area (Å²) in [6.45, 7) is 5.72. The molecule has 1 heterocycles. The molecule has 32 heavy (non-hydrogen) atoms. The van der Waals surface area contributed by atoms with Crippen LogP contribution < -0.4 is 0 Å². The average Bonchev–Trinajstić information content (AvgIpc) is 3.16. The third kappa shape index (κ3) is 11.0. The maximum atomic E-state index is 4.98. The second kappa shape index (κ2) is 18.2. The first-order valence-electron chi connectivity index (χ1n) is 14.3. The molecule has 0 bridgehead atoms. The van der Waals surface area contributed by atoms with Crippen LogP contribution in [-0.2, 0) is 13.0 Å². The third-order valence-corrected chi connectivity index (χ3v) is 6.97. The maximum Gasteiger partial charge on any atom is 0.109 e. The summed E-state index contributed by atoms with van der Waals surface area (Å²) in [7, 11) is 0. The van der Waals surface area contributed by atoms with Crippen molar-refractivity contribution in [2.45, 2.75) is 149 Å². The summed E-state index contributed by atoms with van der Waals surface area (Å²) in [6.07, 6.45) is 27.8. The van der Waals surface area contributed by atoms with Gasteiger partial charge in [0.1, 0.15) is 5.82 Å². The van der Waals surface area contributed by atoms with Gasteiger partial charge in [-0.25, -0.2) is 4.98 Å². The van der Waals surface area contributed by atoms with E-state index in [4.69, 9.17) is 4.98 Å². The first-order valence-corrected chi connectivity index (χ1v) is 14.3. The zero-order valence-corrected chi connectivity index (χ0v) is 21.6. The van der Waals surface area contributed by atoms with Gasteiger partial charge in [-0.2, -0.15) is 0 Å². The molecule has 2 rings (SSSR count). The molecule has 0 saturated heterocycles. The summed E-state index contributed by atoms with van der Waals surface area (Å²) in [5, 5.41) is 0. The molecule has 2 nitrogen and oxygen atoms in total. The summed E-state index contributed by atoms with van der Waals surface area (Å²) >= 11 is 0. The fraction of sp³-hybridized carbons (Fsp3) is 0.767. The highest BCUT2D eigenvalue weighted by Gasteiger charge is 2.09. The van der Waals surface area contributed by atoms with Crippen molar-refractivity contribution in [3.05, 3.63) is 30.1 Å². The van der Waals surface area contributed by atoms with Crippen LogP contribution in [0.3, 0.4) is 0 Å². The molecular weight excluding hydrogens is 388 g/mol. The zero-order valence-electron chi connectivity index (χ0n) is 21.6. The summed E-state index contributed by atoms with van der Waals surface area (Å²) in [4.78, 5) is 4.98. The Bertz CT molecular complexity index is 687. The Morgan fingerprint density at radius 1 is 0.562 bits per heavy atom. The fourth-order valence-electron chi connectivity index (χ4n) is 4.92. The lowest BCUT2D eigenvalue weighted by Crippen LogP contribution is -2.04. The summed E-state index contributed by atoms with van der Waals surface area (Å²) in [5.41, 5.74) is 2.51. The molecular formula is C30H52N2. The Morgan fingerprint density at radius 2 is 1.03 bits per heavy atom. The lowest BCUT2D eigenvalue weighted by Gasteiger charge is -2.09. The highest BCUT2D eigenvalue weighted by Crippen LogP contribution is 2.20. The molecule has 0 atom stereocenters. The summed E-state index contributed by atoms with van der Waals surface area (Å²) < 4.78 is 2.51. The molecule has 2 heteroatoms. The summed E-state index contributed by atoms with van der Waals surface area (Å²) in [5.74, 6) is 1.32. The number of unbranched alkanes of at least 4 members (excludes halogenated alkanes) is 17. The van der Waals surface area contributed by atoms with E-state index in [0.717, 1.165) is 13.0 Å². The van der Waals surface area contributed by atoms with Crippen molar-refractivity contribution in [1.82, 2.24) is 9.55 Å². The topological polar surface area (TPSA) is 17.8 Å². The van der Waals surface area contributed by atoms with Crippen LogP contribution >= 0.6 is 0 Å². The molecule has 0 aliphatic heterocycles. The molecule has 0 unspecified atom stereocenters. The number of nitrogens with zero attached hydrogens (tertiary/aromatic N) is 2. The normalized spacial score (nSPS) is 11.6. The number of para-hydroxylation sites is 2. The third-order valence-electron chi connectivity index (χ3n) is 6.97. The van der Waals surface area contributed by atoms with E-state index in [1.807, 2.05) is 0 Å². The first-order chi connectivity index (χ1) is 15.9. The van der Waals surface area contributed by atoms with Gasteiger partial charge in [0.25, 0.3) is 0 Å². The van der Waals surface area contributed by atoms with Crippen molar-refractivity contribution in [3.8, 4) is 0 Å². The van der Waals surface area contributed by atoms with Gasteiger partial charge in [0, 0.05) is 13.0 Å². The predicted octanol–water partition coefficient (Wildman–Crippen LogP) is 10.0. The van der Waals surface area contributed by atoms with E-state index < -0.39 is 0 Å². The molecule has 0 aliphatic rings. The number of imidazole rings is 1. The SMILES string of the molecule is CCCCCCCCCCCCCCCCCc1nc2ccccc2n1CCCCCC. The van der Waals surface area contributed by atoms with Crippen LogP contribution in [0.15, 0.2) is 24.3 Å². The van der Waals surface area contributed by atoms with Crippen molar-refractivity contribution in [2.24, 2.45) is 0 Å². The van der Waals surface area contributed by atoms with Gasteiger partial charge in [0.2, 0.25) is 0 Å². The highest BCUT2D eigenvalue weighted by molar-refractivity contribution is 5.75. The fourth-order valence-corrected chi connectivity index (χ4v) is 4.92. The van der Waals surface area contributed by atoms with Crippen LogP contribution in [0.5, 0.6) is 0 Å². The van der Waals surface area contributed by atoms with Crippen LogP contribution in [0.2, 0.25) is 0 Å².